The predicted molar refractivity (Wildman–Crippen MR) is 179 cm³/mol. The normalized spacial score (nSPS) is 17.2. The molecule has 0 radical (unpaired) electrons. The van der Waals surface area contributed by atoms with Crippen molar-refractivity contribution < 1.29 is 43.5 Å². The van der Waals surface area contributed by atoms with Gasteiger partial charge in [0.05, 0.1) is 12.5 Å². The largest absolute Gasteiger partial charge is 0.481 e. The van der Waals surface area contributed by atoms with E-state index >= 15 is 0 Å². The number of primary amides is 1. The number of nitrogens with one attached hydrogen (secondary N) is 7. The molecule has 5 atom stereocenters. The summed E-state index contributed by atoms with van der Waals surface area (Å²) in [4.78, 5) is 102. The standard InChI is InChI=1S/C32H56N8O9/c1-16(2)13-20(26(45)35-18(5)24(33)43)37-29(48)31(6,7)39-27(46)21(14-17(3)4)38-30(49)32(8,9)40-28(47)22(15-23(41)42)36-25(44)19-11-10-12-34-19/h16-22,34H,10-15H2,1-9H3,(H2,33,43)(H,35,45)(H,36,44)(H,37,48)(H,38,49)(H,39,46)(H,40,47)(H,41,42)/t18-,19-,20-,21-,22-/m0/s1. The first-order valence-electron chi connectivity index (χ1n) is 16.6. The molecule has 278 valence electrons. The Morgan fingerprint density at radius 2 is 1.16 bits per heavy atom. The van der Waals surface area contributed by atoms with Crippen LogP contribution in [-0.4, -0.2) is 100 Å². The summed E-state index contributed by atoms with van der Waals surface area (Å²) < 4.78 is 0. The van der Waals surface area contributed by atoms with Crippen molar-refractivity contribution in [2.45, 2.75) is 136 Å². The van der Waals surface area contributed by atoms with Gasteiger partial charge in [0.25, 0.3) is 0 Å². The molecule has 17 nitrogen and oxygen atoms in total. The first-order chi connectivity index (χ1) is 22.5. The Labute approximate surface area is 287 Å². The third-order valence-corrected chi connectivity index (χ3v) is 7.84. The summed E-state index contributed by atoms with van der Waals surface area (Å²) in [7, 11) is 0. The van der Waals surface area contributed by atoms with Crippen molar-refractivity contribution in [3.63, 3.8) is 0 Å². The van der Waals surface area contributed by atoms with E-state index in [0.29, 0.717) is 13.0 Å². The van der Waals surface area contributed by atoms with E-state index in [0.717, 1.165) is 6.42 Å². The van der Waals surface area contributed by atoms with Gasteiger partial charge in [0, 0.05) is 0 Å². The lowest BCUT2D eigenvalue weighted by Crippen LogP contribution is -2.64. The van der Waals surface area contributed by atoms with E-state index in [1.165, 1.54) is 34.6 Å². The molecule has 7 amide bonds. The van der Waals surface area contributed by atoms with Crippen molar-refractivity contribution in [3.05, 3.63) is 0 Å². The number of aliphatic carboxylic acids is 1. The number of hydrogen-bond acceptors (Lipinski definition) is 9. The Bertz CT molecular complexity index is 1240. The van der Waals surface area contributed by atoms with E-state index in [-0.39, 0.29) is 24.7 Å². The van der Waals surface area contributed by atoms with E-state index in [2.05, 4.69) is 37.2 Å². The average Bonchev–Trinajstić information content (AvgIpc) is 3.50. The molecular weight excluding hydrogens is 640 g/mol. The fourth-order valence-corrected chi connectivity index (χ4v) is 4.94. The van der Waals surface area contributed by atoms with Crippen molar-refractivity contribution in [1.82, 2.24) is 37.2 Å². The molecule has 0 spiro atoms. The van der Waals surface area contributed by atoms with Gasteiger partial charge in [-0.25, -0.2) is 0 Å². The summed E-state index contributed by atoms with van der Waals surface area (Å²) in [5, 5.41) is 27.6. The first kappa shape index (κ1) is 42.7. The van der Waals surface area contributed by atoms with Crippen LogP contribution in [-0.2, 0) is 38.4 Å². The molecule has 1 aliphatic heterocycles. The molecular formula is C32H56N8O9. The second kappa shape index (κ2) is 18.5. The van der Waals surface area contributed by atoms with Gasteiger partial charge in [0.1, 0.15) is 35.2 Å². The van der Waals surface area contributed by atoms with Crippen LogP contribution in [0.4, 0.5) is 0 Å². The molecule has 0 saturated carbocycles. The van der Waals surface area contributed by atoms with E-state index < -0.39 is 95.0 Å². The monoisotopic (exact) mass is 696 g/mol. The van der Waals surface area contributed by atoms with Crippen LogP contribution in [0.2, 0.25) is 0 Å². The van der Waals surface area contributed by atoms with Crippen LogP contribution in [0, 0.1) is 11.8 Å². The molecule has 1 fully saturated rings. The Hall–Kier alpha value is -4.28. The molecule has 0 unspecified atom stereocenters. The number of hydrogen-bond donors (Lipinski definition) is 9. The highest BCUT2D eigenvalue weighted by Crippen LogP contribution is 2.14. The van der Waals surface area contributed by atoms with Crippen molar-refractivity contribution in [2.75, 3.05) is 6.54 Å². The summed E-state index contributed by atoms with van der Waals surface area (Å²) in [5.41, 5.74) is 2.02. The van der Waals surface area contributed by atoms with Gasteiger partial charge >= 0.3 is 5.97 Å². The van der Waals surface area contributed by atoms with Crippen molar-refractivity contribution in [3.8, 4) is 0 Å². The van der Waals surface area contributed by atoms with Crippen molar-refractivity contribution in [2.24, 2.45) is 17.6 Å². The molecule has 17 heteroatoms. The van der Waals surface area contributed by atoms with Gasteiger partial charge in [-0.3, -0.25) is 38.4 Å². The summed E-state index contributed by atoms with van der Waals surface area (Å²) in [6.45, 7) is 14.9. The SMILES string of the molecule is CC(C)C[C@H](NC(=O)C(C)(C)NC(=O)[C@H](CC(C)C)NC(=O)C(C)(C)NC(=O)[C@H](CC(=O)O)NC(=O)[C@@H]1CCCN1)C(=O)N[C@@H](C)C(N)=O. The van der Waals surface area contributed by atoms with Gasteiger partial charge in [-0.1, -0.05) is 27.7 Å². The van der Waals surface area contributed by atoms with Gasteiger partial charge < -0.3 is 48.1 Å². The van der Waals surface area contributed by atoms with Crippen LogP contribution in [0.3, 0.4) is 0 Å². The van der Waals surface area contributed by atoms with Crippen LogP contribution >= 0.6 is 0 Å². The van der Waals surface area contributed by atoms with Crippen LogP contribution in [0.15, 0.2) is 0 Å². The molecule has 1 heterocycles. The van der Waals surface area contributed by atoms with Gasteiger partial charge in [0.2, 0.25) is 41.4 Å². The number of nitrogens with two attached hydrogens (primary N) is 1. The maximum Gasteiger partial charge on any atom is 0.305 e. The molecule has 1 saturated heterocycles. The lowest BCUT2D eigenvalue weighted by Gasteiger charge is -2.33. The average molecular weight is 697 g/mol. The lowest BCUT2D eigenvalue weighted by atomic mass is 9.96. The highest BCUT2D eigenvalue weighted by Gasteiger charge is 2.39. The second-order valence-electron chi connectivity index (χ2n) is 14.5. The number of carbonyl (C=O) groups is 8. The van der Waals surface area contributed by atoms with E-state index in [1.807, 2.05) is 27.7 Å². The molecule has 1 aliphatic rings. The summed E-state index contributed by atoms with van der Waals surface area (Å²) >= 11 is 0. The Balaban J connectivity index is 3.07. The first-order valence-corrected chi connectivity index (χ1v) is 16.6. The fraction of sp³-hybridized carbons (Fsp3) is 0.750. The highest BCUT2D eigenvalue weighted by molar-refractivity contribution is 5.99. The van der Waals surface area contributed by atoms with Gasteiger partial charge in [-0.2, -0.15) is 0 Å². The summed E-state index contributed by atoms with van der Waals surface area (Å²) in [5.74, 6) is -6.45. The second-order valence-corrected chi connectivity index (χ2v) is 14.5. The number of rotatable bonds is 19. The molecule has 0 aromatic rings. The highest BCUT2D eigenvalue weighted by atomic mass is 16.4. The third-order valence-electron chi connectivity index (χ3n) is 7.84. The zero-order valence-electron chi connectivity index (χ0n) is 30.1. The van der Waals surface area contributed by atoms with Crippen molar-refractivity contribution >= 4 is 47.3 Å². The van der Waals surface area contributed by atoms with Crippen molar-refractivity contribution in [1.29, 1.82) is 0 Å². The van der Waals surface area contributed by atoms with E-state index in [1.54, 1.807) is 0 Å². The molecule has 0 aliphatic carbocycles. The zero-order valence-corrected chi connectivity index (χ0v) is 30.1. The molecule has 0 aromatic heterocycles. The number of amides is 7. The predicted octanol–water partition coefficient (Wildman–Crippen LogP) is -1.46. The maximum absolute atomic E-state index is 13.5. The molecule has 10 N–H and O–H groups in total. The minimum atomic E-state index is -1.66. The van der Waals surface area contributed by atoms with Crippen LogP contribution in [0.1, 0.15) is 94.4 Å². The van der Waals surface area contributed by atoms with Crippen LogP contribution < -0.4 is 43.0 Å². The summed E-state index contributed by atoms with van der Waals surface area (Å²) in [6, 6.07) is -5.20. The van der Waals surface area contributed by atoms with Crippen LogP contribution in [0.5, 0.6) is 0 Å². The molecule has 0 bridgehead atoms. The topological polar surface area (TPSA) is 267 Å². The quantitative estimate of drug-likeness (QED) is 0.0757. The number of carboxylic acids is 1. The third kappa shape index (κ3) is 14.4. The molecule has 0 aromatic carbocycles. The minimum Gasteiger partial charge on any atom is -0.481 e. The Morgan fingerprint density at radius 3 is 1.55 bits per heavy atom. The number of carbonyl (C=O) groups excluding carboxylic acids is 7. The van der Waals surface area contributed by atoms with Gasteiger partial charge in [0.15, 0.2) is 0 Å². The van der Waals surface area contributed by atoms with Gasteiger partial charge in [-0.05, 0) is 78.7 Å². The molecule has 1 rings (SSSR count). The zero-order chi connectivity index (χ0) is 37.9. The fourth-order valence-electron chi connectivity index (χ4n) is 4.94. The maximum atomic E-state index is 13.5. The molecule has 49 heavy (non-hydrogen) atoms. The Kier molecular flexibility index (Phi) is 16.1. The Morgan fingerprint density at radius 1 is 0.714 bits per heavy atom. The minimum absolute atomic E-state index is 0.0212. The van der Waals surface area contributed by atoms with E-state index in [4.69, 9.17) is 5.73 Å². The lowest BCUT2D eigenvalue weighted by molar-refractivity contribution is -0.142. The number of carboxylic acid groups (broad SMARTS) is 1. The van der Waals surface area contributed by atoms with E-state index in [9.17, 15) is 43.5 Å². The summed E-state index contributed by atoms with van der Waals surface area (Å²) in [6.07, 6.45) is 0.940. The smallest absolute Gasteiger partial charge is 0.305 e. The van der Waals surface area contributed by atoms with Crippen LogP contribution in [0.25, 0.3) is 0 Å². The van der Waals surface area contributed by atoms with Gasteiger partial charge in [-0.15, -0.1) is 0 Å².